The van der Waals surface area contributed by atoms with Crippen LogP contribution < -0.4 is 0 Å². The first-order valence-electron chi connectivity index (χ1n) is 9.30. The summed E-state index contributed by atoms with van der Waals surface area (Å²) in [5.41, 5.74) is 4.60. The molecule has 0 spiro atoms. The minimum Gasteiger partial charge on any atom is -0.456 e. The van der Waals surface area contributed by atoms with E-state index in [0.717, 1.165) is 43.4 Å². The highest BCUT2D eigenvalue weighted by molar-refractivity contribution is 9.10. The van der Waals surface area contributed by atoms with Gasteiger partial charge in [-0.1, -0.05) is 68.4 Å². The maximum Gasteiger partial charge on any atom is 0.161 e. The van der Waals surface area contributed by atoms with Crippen LogP contribution in [-0.2, 0) is 0 Å². The van der Waals surface area contributed by atoms with Crippen molar-refractivity contribution in [3.8, 4) is 22.6 Å². The Morgan fingerprint density at radius 2 is 1.39 bits per heavy atom. The monoisotopic (exact) mass is 430 g/mol. The van der Waals surface area contributed by atoms with Crippen molar-refractivity contribution in [1.29, 1.82) is 0 Å². The Balaban J connectivity index is 0.000000932. The molecule has 3 nitrogen and oxygen atoms in total. The molecule has 0 N–H and O–H groups in total. The van der Waals surface area contributed by atoms with Crippen LogP contribution in [0.25, 0.3) is 44.6 Å². The number of nitrogens with zero attached hydrogens (tertiary/aromatic N) is 2. The molecule has 5 aromatic rings. The first-order chi connectivity index (χ1) is 13.8. The molecular weight excluding hydrogens is 412 g/mol. The second-order valence-electron chi connectivity index (χ2n) is 6.07. The zero-order valence-electron chi connectivity index (χ0n) is 15.7. The second kappa shape index (κ2) is 7.95. The Morgan fingerprint density at radius 1 is 0.679 bits per heavy atom. The maximum atomic E-state index is 6.00. The van der Waals surface area contributed by atoms with Crippen LogP contribution in [0.15, 0.2) is 87.9 Å². The largest absolute Gasteiger partial charge is 0.456 e. The summed E-state index contributed by atoms with van der Waals surface area (Å²) in [7, 11) is 0. The molecular formula is C24H19BrN2O. The van der Waals surface area contributed by atoms with Crippen molar-refractivity contribution < 1.29 is 4.42 Å². The number of benzene rings is 3. The summed E-state index contributed by atoms with van der Waals surface area (Å²) >= 11 is 3.51. The summed E-state index contributed by atoms with van der Waals surface area (Å²) in [6.07, 6.45) is 0. The molecule has 0 unspecified atom stereocenters. The Labute approximate surface area is 172 Å². The van der Waals surface area contributed by atoms with Crippen molar-refractivity contribution in [2.45, 2.75) is 13.8 Å². The number of halogens is 1. The van der Waals surface area contributed by atoms with Crippen LogP contribution in [-0.4, -0.2) is 9.97 Å². The van der Waals surface area contributed by atoms with Gasteiger partial charge in [0.15, 0.2) is 5.82 Å². The quantitative estimate of drug-likeness (QED) is 0.272. The fraction of sp³-hybridized carbons (Fsp3) is 0.0833. The molecule has 2 heterocycles. The standard InChI is InChI=1S/C22H13BrN2O.C2H6/c23-21-13-18(24-22(25-21)14-6-2-1-3-7-14)15-10-11-17-16-8-4-5-9-19(16)26-20(17)12-15;1-2/h1-13H;1-2H3. The Bertz CT molecular complexity index is 1250. The van der Waals surface area contributed by atoms with Gasteiger partial charge in [-0.25, -0.2) is 9.97 Å². The predicted molar refractivity (Wildman–Crippen MR) is 119 cm³/mol. The van der Waals surface area contributed by atoms with Gasteiger partial charge in [0.2, 0.25) is 0 Å². The summed E-state index contributed by atoms with van der Waals surface area (Å²) in [6.45, 7) is 4.00. The van der Waals surface area contributed by atoms with Crippen molar-refractivity contribution >= 4 is 37.9 Å². The zero-order valence-corrected chi connectivity index (χ0v) is 17.3. The number of para-hydroxylation sites is 1. The lowest BCUT2D eigenvalue weighted by atomic mass is 10.1. The zero-order chi connectivity index (χ0) is 19.5. The van der Waals surface area contributed by atoms with Gasteiger partial charge in [-0.05, 0) is 40.2 Å². The third-order valence-electron chi connectivity index (χ3n) is 4.40. The Hall–Kier alpha value is -2.98. The highest BCUT2D eigenvalue weighted by Gasteiger charge is 2.11. The van der Waals surface area contributed by atoms with E-state index in [-0.39, 0.29) is 0 Å². The molecule has 0 fully saturated rings. The van der Waals surface area contributed by atoms with Gasteiger partial charge in [0.05, 0.1) is 5.69 Å². The lowest BCUT2D eigenvalue weighted by Crippen LogP contribution is -1.93. The molecule has 138 valence electrons. The number of rotatable bonds is 2. The van der Waals surface area contributed by atoms with Gasteiger partial charge in [0, 0.05) is 21.9 Å². The highest BCUT2D eigenvalue weighted by Crippen LogP contribution is 2.32. The molecule has 0 saturated heterocycles. The molecule has 5 rings (SSSR count). The number of hydrogen-bond acceptors (Lipinski definition) is 3. The first kappa shape index (κ1) is 18.4. The van der Waals surface area contributed by atoms with Gasteiger partial charge in [-0.3, -0.25) is 0 Å². The maximum absolute atomic E-state index is 6.00. The van der Waals surface area contributed by atoms with Gasteiger partial charge in [-0.2, -0.15) is 0 Å². The smallest absolute Gasteiger partial charge is 0.161 e. The highest BCUT2D eigenvalue weighted by atomic mass is 79.9. The Kier molecular flexibility index (Phi) is 5.22. The average Bonchev–Trinajstić information content (AvgIpc) is 3.13. The third-order valence-corrected chi connectivity index (χ3v) is 4.81. The van der Waals surface area contributed by atoms with Crippen LogP contribution in [0, 0.1) is 0 Å². The summed E-state index contributed by atoms with van der Waals surface area (Å²) in [4.78, 5) is 9.26. The van der Waals surface area contributed by atoms with E-state index in [2.05, 4.69) is 39.1 Å². The molecule has 2 aromatic heterocycles. The first-order valence-corrected chi connectivity index (χ1v) is 10.1. The number of fused-ring (bicyclic) bond motifs is 3. The van der Waals surface area contributed by atoms with E-state index in [1.54, 1.807) is 0 Å². The SMILES string of the molecule is Brc1cc(-c2ccc3c(c2)oc2ccccc23)nc(-c2ccccc2)n1.CC. The molecule has 0 aliphatic heterocycles. The fourth-order valence-electron chi connectivity index (χ4n) is 3.17. The van der Waals surface area contributed by atoms with Crippen molar-refractivity contribution in [1.82, 2.24) is 9.97 Å². The average molecular weight is 431 g/mol. The van der Waals surface area contributed by atoms with E-state index in [1.165, 1.54) is 0 Å². The predicted octanol–water partition coefficient (Wildman–Crippen LogP) is 7.50. The van der Waals surface area contributed by atoms with Crippen LogP contribution >= 0.6 is 15.9 Å². The molecule has 0 atom stereocenters. The number of furan rings is 1. The minimum atomic E-state index is 0.694. The van der Waals surface area contributed by atoms with Gasteiger partial charge in [-0.15, -0.1) is 0 Å². The molecule has 0 bridgehead atoms. The van der Waals surface area contributed by atoms with Crippen LogP contribution in [0.5, 0.6) is 0 Å². The van der Waals surface area contributed by atoms with Crippen molar-refractivity contribution in [2.75, 3.05) is 0 Å². The molecule has 0 amide bonds. The van der Waals surface area contributed by atoms with E-state index in [9.17, 15) is 0 Å². The minimum absolute atomic E-state index is 0.694. The van der Waals surface area contributed by atoms with Crippen LogP contribution in [0.2, 0.25) is 0 Å². The molecule has 0 aliphatic carbocycles. The molecule has 3 aromatic carbocycles. The summed E-state index contributed by atoms with van der Waals surface area (Å²) in [5, 5.41) is 2.24. The van der Waals surface area contributed by atoms with Crippen LogP contribution in [0.4, 0.5) is 0 Å². The van der Waals surface area contributed by atoms with Gasteiger partial charge >= 0.3 is 0 Å². The summed E-state index contributed by atoms with van der Waals surface area (Å²) in [5.74, 6) is 0.694. The number of hydrogen-bond donors (Lipinski definition) is 0. The lowest BCUT2D eigenvalue weighted by molar-refractivity contribution is 0.669. The van der Waals surface area contributed by atoms with Crippen molar-refractivity contribution in [2.24, 2.45) is 0 Å². The van der Waals surface area contributed by atoms with E-state index < -0.39 is 0 Å². The Morgan fingerprint density at radius 3 is 2.21 bits per heavy atom. The molecule has 4 heteroatoms. The molecule has 0 saturated carbocycles. The van der Waals surface area contributed by atoms with E-state index in [4.69, 9.17) is 9.40 Å². The van der Waals surface area contributed by atoms with Crippen LogP contribution in [0.3, 0.4) is 0 Å². The van der Waals surface area contributed by atoms with Crippen molar-refractivity contribution in [3.05, 3.63) is 83.5 Å². The second-order valence-corrected chi connectivity index (χ2v) is 6.89. The number of aromatic nitrogens is 2. The van der Waals surface area contributed by atoms with Crippen LogP contribution in [0.1, 0.15) is 13.8 Å². The van der Waals surface area contributed by atoms with E-state index in [1.807, 2.05) is 74.5 Å². The van der Waals surface area contributed by atoms with Gasteiger partial charge in [0.25, 0.3) is 0 Å². The van der Waals surface area contributed by atoms with Crippen molar-refractivity contribution in [3.63, 3.8) is 0 Å². The normalized spacial score (nSPS) is 10.7. The van der Waals surface area contributed by atoms with Gasteiger partial charge in [0.1, 0.15) is 15.8 Å². The summed E-state index contributed by atoms with van der Waals surface area (Å²) < 4.78 is 6.76. The third kappa shape index (κ3) is 3.43. The molecule has 0 radical (unpaired) electrons. The molecule has 0 aliphatic rings. The van der Waals surface area contributed by atoms with E-state index in [0.29, 0.717) is 5.82 Å². The summed E-state index contributed by atoms with van der Waals surface area (Å²) in [6, 6.07) is 26.2. The fourth-order valence-corrected chi connectivity index (χ4v) is 3.55. The molecule has 28 heavy (non-hydrogen) atoms. The lowest BCUT2D eigenvalue weighted by Gasteiger charge is -2.06. The topological polar surface area (TPSA) is 38.9 Å². The van der Waals surface area contributed by atoms with Gasteiger partial charge < -0.3 is 4.42 Å². The van der Waals surface area contributed by atoms with E-state index >= 15 is 0 Å².